The number of halogens is 2. The van der Waals surface area contributed by atoms with Crippen LogP contribution in [-0.4, -0.2) is 64.7 Å². The van der Waals surface area contributed by atoms with Crippen LogP contribution >= 0.6 is 23.2 Å². The average Bonchev–Trinajstić information content (AvgIpc) is 2.83. The zero-order valence-electron chi connectivity index (χ0n) is 11.8. The number of likely N-dealkylation sites (tertiary alicyclic amines) is 1. The molecule has 0 aromatic carbocycles. The molecular formula is C13H19Cl2N3O2. The summed E-state index contributed by atoms with van der Waals surface area (Å²) in [5.74, 6) is -0.148. The van der Waals surface area contributed by atoms with Gasteiger partial charge in [0.15, 0.2) is 0 Å². The second kappa shape index (κ2) is 5.93. The highest BCUT2D eigenvalue weighted by Gasteiger charge is 2.36. The fourth-order valence-electron chi connectivity index (χ4n) is 2.63. The van der Waals surface area contributed by atoms with Gasteiger partial charge >= 0.3 is 0 Å². The summed E-state index contributed by atoms with van der Waals surface area (Å²) in [6, 6.07) is 1.57. The number of hydrogen-bond donors (Lipinski definition) is 1. The van der Waals surface area contributed by atoms with E-state index in [0.717, 1.165) is 0 Å². The van der Waals surface area contributed by atoms with Crippen molar-refractivity contribution in [2.24, 2.45) is 7.05 Å². The number of aromatic nitrogens is 1. The van der Waals surface area contributed by atoms with E-state index in [1.165, 1.54) is 0 Å². The van der Waals surface area contributed by atoms with Crippen molar-refractivity contribution < 1.29 is 9.90 Å². The van der Waals surface area contributed by atoms with E-state index in [1.807, 2.05) is 19.0 Å². The Hall–Kier alpha value is -0.750. The van der Waals surface area contributed by atoms with E-state index >= 15 is 0 Å². The third-order valence-electron chi connectivity index (χ3n) is 3.56. The SMILES string of the molecule is CN(C)CC1CC(O)CN1C(=O)c1cc(Cl)c(Cl)n1C. The first-order valence-corrected chi connectivity index (χ1v) is 7.21. The second-order valence-electron chi connectivity index (χ2n) is 5.49. The third-order valence-corrected chi connectivity index (χ3v) is 4.41. The van der Waals surface area contributed by atoms with Crippen LogP contribution < -0.4 is 0 Å². The predicted octanol–water partition coefficient (Wildman–Crippen LogP) is 1.47. The van der Waals surface area contributed by atoms with Gasteiger partial charge in [-0.05, 0) is 26.6 Å². The zero-order valence-corrected chi connectivity index (χ0v) is 13.3. The van der Waals surface area contributed by atoms with Gasteiger partial charge in [0.05, 0.1) is 11.1 Å². The van der Waals surface area contributed by atoms with Crippen LogP contribution in [0.25, 0.3) is 0 Å². The Balaban J connectivity index is 2.24. The Morgan fingerprint density at radius 3 is 2.65 bits per heavy atom. The Morgan fingerprint density at radius 1 is 1.50 bits per heavy atom. The lowest BCUT2D eigenvalue weighted by molar-refractivity contribution is 0.0689. The van der Waals surface area contributed by atoms with Gasteiger partial charge in [0.1, 0.15) is 10.8 Å². The van der Waals surface area contributed by atoms with Crippen molar-refractivity contribution in [2.45, 2.75) is 18.6 Å². The van der Waals surface area contributed by atoms with Crippen molar-refractivity contribution >= 4 is 29.1 Å². The molecule has 1 aliphatic heterocycles. The van der Waals surface area contributed by atoms with Gasteiger partial charge in [-0.15, -0.1) is 0 Å². The summed E-state index contributed by atoms with van der Waals surface area (Å²) in [5, 5.41) is 10.5. The van der Waals surface area contributed by atoms with Crippen LogP contribution in [0, 0.1) is 0 Å². The number of aliphatic hydroxyl groups excluding tert-OH is 1. The molecule has 5 nitrogen and oxygen atoms in total. The second-order valence-corrected chi connectivity index (χ2v) is 6.26. The van der Waals surface area contributed by atoms with E-state index in [1.54, 1.807) is 22.6 Å². The number of aliphatic hydroxyl groups is 1. The van der Waals surface area contributed by atoms with Crippen molar-refractivity contribution in [1.82, 2.24) is 14.4 Å². The van der Waals surface area contributed by atoms with Crippen molar-refractivity contribution in [3.8, 4) is 0 Å². The van der Waals surface area contributed by atoms with Crippen molar-refractivity contribution in [3.63, 3.8) is 0 Å². The molecule has 1 fully saturated rings. The molecule has 20 heavy (non-hydrogen) atoms. The van der Waals surface area contributed by atoms with Gasteiger partial charge in [-0.3, -0.25) is 4.79 Å². The fourth-order valence-corrected chi connectivity index (χ4v) is 3.01. The van der Waals surface area contributed by atoms with Crippen LogP contribution in [0.2, 0.25) is 10.2 Å². The predicted molar refractivity (Wildman–Crippen MR) is 79.4 cm³/mol. The number of carbonyl (C=O) groups excluding carboxylic acids is 1. The van der Waals surface area contributed by atoms with Crippen LogP contribution in [0.15, 0.2) is 6.07 Å². The normalized spacial score (nSPS) is 22.9. The molecule has 0 aliphatic carbocycles. The van der Waals surface area contributed by atoms with Crippen LogP contribution in [0.3, 0.4) is 0 Å². The van der Waals surface area contributed by atoms with E-state index in [-0.39, 0.29) is 11.9 Å². The number of amides is 1. The van der Waals surface area contributed by atoms with E-state index < -0.39 is 6.10 Å². The molecule has 1 amide bonds. The number of β-amino-alcohol motifs (C(OH)–C–C–N with tert-alkyl or cyclic N) is 1. The highest BCUT2D eigenvalue weighted by molar-refractivity contribution is 6.41. The summed E-state index contributed by atoms with van der Waals surface area (Å²) < 4.78 is 1.57. The molecule has 0 bridgehead atoms. The molecule has 1 aliphatic rings. The van der Waals surface area contributed by atoms with Gasteiger partial charge in [0.25, 0.3) is 5.91 Å². The van der Waals surface area contributed by atoms with Crippen molar-refractivity contribution in [3.05, 3.63) is 21.9 Å². The Labute approximate surface area is 128 Å². The van der Waals surface area contributed by atoms with Crippen LogP contribution in [0.1, 0.15) is 16.9 Å². The molecule has 2 atom stereocenters. The quantitative estimate of drug-likeness (QED) is 0.917. The van der Waals surface area contributed by atoms with Gasteiger partial charge in [-0.2, -0.15) is 0 Å². The molecule has 1 saturated heterocycles. The smallest absolute Gasteiger partial charge is 0.270 e. The molecule has 1 aromatic heterocycles. The average molecular weight is 320 g/mol. The topological polar surface area (TPSA) is 48.7 Å². The highest BCUT2D eigenvalue weighted by atomic mass is 35.5. The number of rotatable bonds is 3. The lowest BCUT2D eigenvalue weighted by Gasteiger charge is -2.26. The fraction of sp³-hybridized carbons (Fsp3) is 0.615. The summed E-state index contributed by atoms with van der Waals surface area (Å²) in [4.78, 5) is 16.3. The largest absolute Gasteiger partial charge is 0.391 e. The number of likely N-dealkylation sites (N-methyl/N-ethyl adjacent to an activating group) is 1. The Morgan fingerprint density at radius 2 is 2.15 bits per heavy atom. The molecule has 0 spiro atoms. The zero-order chi connectivity index (χ0) is 15.0. The molecule has 0 radical (unpaired) electrons. The molecule has 0 saturated carbocycles. The van der Waals surface area contributed by atoms with Crippen molar-refractivity contribution in [2.75, 3.05) is 27.2 Å². The monoisotopic (exact) mass is 319 g/mol. The summed E-state index contributed by atoms with van der Waals surface area (Å²) in [6.07, 6.45) is 0.116. The summed E-state index contributed by atoms with van der Waals surface area (Å²) in [6.45, 7) is 1.06. The summed E-state index contributed by atoms with van der Waals surface area (Å²) in [5.41, 5.74) is 0.442. The number of carbonyl (C=O) groups is 1. The van der Waals surface area contributed by atoms with E-state index in [4.69, 9.17) is 23.2 Å². The summed E-state index contributed by atoms with van der Waals surface area (Å²) >= 11 is 12.0. The van der Waals surface area contributed by atoms with E-state index in [9.17, 15) is 9.90 Å². The lowest BCUT2D eigenvalue weighted by atomic mass is 10.2. The maximum Gasteiger partial charge on any atom is 0.270 e. The molecule has 112 valence electrons. The maximum absolute atomic E-state index is 12.6. The molecule has 1 N–H and O–H groups in total. The van der Waals surface area contributed by atoms with Crippen molar-refractivity contribution in [1.29, 1.82) is 0 Å². The first-order valence-electron chi connectivity index (χ1n) is 6.45. The van der Waals surface area contributed by atoms with Crippen LogP contribution in [0.5, 0.6) is 0 Å². The van der Waals surface area contributed by atoms with Gasteiger partial charge in [-0.25, -0.2) is 0 Å². The van der Waals surface area contributed by atoms with Gasteiger partial charge < -0.3 is 19.5 Å². The summed E-state index contributed by atoms with van der Waals surface area (Å²) in [7, 11) is 5.60. The minimum Gasteiger partial charge on any atom is -0.391 e. The third kappa shape index (κ3) is 2.96. The van der Waals surface area contributed by atoms with E-state index in [2.05, 4.69) is 0 Å². The first kappa shape index (κ1) is 15.6. The maximum atomic E-state index is 12.6. The van der Waals surface area contributed by atoms with Crippen LogP contribution in [0.4, 0.5) is 0 Å². The standard InChI is InChI=1S/C13H19Cl2N3O2/c1-16(2)6-8-4-9(19)7-18(8)13(20)11-5-10(14)12(15)17(11)3/h5,8-9,19H,4,6-7H2,1-3H3. The van der Waals surface area contributed by atoms with Crippen LogP contribution in [-0.2, 0) is 7.05 Å². The highest BCUT2D eigenvalue weighted by Crippen LogP contribution is 2.28. The number of hydrogen-bond acceptors (Lipinski definition) is 3. The molecule has 2 rings (SSSR count). The molecule has 1 aromatic rings. The molecule has 7 heteroatoms. The van der Waals surface area contributed by atoms with E-state index in [0.29, 0.717) is 35.4 Å². The Kier molecular flexibility index (Phi) is 4.64. The van der Waals surface area contributed by atoms with Gasteiger partial charge in [0, 0.05) is 26.2 Å². The minimum atomic E-state index is -0.477. The van der Waals surface area contributed by atoms with Gasteiger partial charge in [-0.1, -0.05) is 23.2 Å². The molecule has 2 unspecified atom stereocenters. The number of nitrogens with zero attached hydrogens (tertiary/aromatic N) is 3. The van der Waals surface area contributed by atoms with Gasteiger partial charge in [0.2, 0.25) is 0 Å². The molecular weight excluding hydrogens is 301 g/mol. The molecule has 2 heterocycles. The Bertz CT molecular complexity index is 516. The first-order chi connectivity index (χ1) is 9.31. The minimum absolute atomic E-state index is 0.0000454. The lowest BCUT2D eigenvalue weighted by Crippen LogP contribution is -2.42.